The number of para-hydroxylation sites is 1. The number of pyridine rings is 1. The van der Waals surface area contributed by atoms with Crippen LogP contribution >= 0.6 is 0 Å². The maximum atomic E-state index is 13.6. The van der Waals surface area contributed by atoms with Crippen LogP contribution in [0.25, 0.3) is 16.6 Å². The predicted molar refractivity (Wildman–Crippen MR) is 125 cm³/mol. The molecule has 1 aromatic carbocycles. The Kier molecular flexibility index (Phi) is 4.87. The lowest BCUT2D eigenvalue weighted by Crippen LogP contribution is -2.48. The van der Waals surface area contributed by atoms with Crippen LogP contribution in [0.3, 0.4) is 0 Å². The molecular formula is C24H20F3N7O. The van der Waals surface area contributed by atoms with E-state index in [1.165, 1.54) is 12.3 Å². The number of aromatic nitrogens is 3. The predicted octanol–water partition coefficient (Wildman–Crippen LogP) is 3.50. The number of benzene rings is 1. The van der Waals surface area contributed by atoms with Gasteiger partial charge in [0, 0.05) is 48.2 Å². The first-order chi connectivity index (χ1) is 16.8. The van der Waals surface area contributed by atoms with Crippen LogP contribution < -0.4 is 11.1 Å². The van der Waals surface area contributed by atoms with Crippen LogP contribution in [0.2, 0.25) is 0 Å². The molecule has 8 nitrogen and oxygen atoms in total. The number of nitrogen functional groups attached to an aromatic ring is 1. The Balaban J connectivity index is 1.42. The van der Waals surface area contributed by atoms with Gasteiger partial charge < -0.3 is 15.8 Å². The number of anilines is 2. The van der Waals surface area contributed by atoms with Crippen LogP contribution in [0.1, 0.15) is 11.1 Å². The molecule has 4 heterocycles. The molecule has 0 saturated carbocycles. The summed E-state index contributed by atoms with van der Waals surface area (Å²) in [6, 6.07) is 5.68. The summed E-state index contributed by atoms with van der Waals surface area (Å²) in [6.45, 7) is 2.71. The lowest BCUT2D eigenvalue weighted by molar-refractivity contribution is -0.136. The van der Waals surface area contributed by atoms with Crippen molar-refractivity contribution in [2.45, 2.75) is 11.7 Å². The number of morpholine rings is 1. The number of hydrogen-bond donors (Lipinski definition) is 2. The Labute approximate surface area is 198 Å². The van der Waals surface area contributed by atoms with Gasteiger partial charge in [-0.25, -0.2) is 15.0 Å². The molecule has 0 spiro atoms. The van der Waals surface area contributed by atoms with E-state index in [0.29, 0.717) is 41.4 Å². The minimum absolute atomic E-state index is 0.117. The maximum absolute atomic E-state index is 13.6. The van der Waals surface area contributed by atoms with E-state index in [1.54, 1.807) is 24.5 Å². The third-order valence-corrected chi connectivity index (χ3v) is 6.39. The summed E-state index contributed by atoms with van der Waals surface area (Å²) < 4.78 is 46.2. The van der Waals surface area contributed by atoms with Crippen LogP contribution in [0.4, 0.5) is 24.8 Å². The molecule has 1 atom stereocenters. The molecule has 2 aliphatic heterocycles. The van der Waals surface area contributed by atoms with E-state index in [2.05, 4.69) is 37.3 Å². The molecule has 3 N–H and O–H groups in total. The van der Waals surface area contributed by atoms with Crippen molar-refractivity contribution < 1.29 is 17.9 Å². The third kappa shape index (κ3) is 3.72. The molecule has 6 rings (SSSR count). The van der Waals surface area contributed by atoms with Gasteiger partial charge in [-0.2, -0.15) is 13.2 Å². The van der Waals surface area contributed by atoms with Gasteiger partial charge in [-0.15, -0.1) is 0 Å². The van der Waals surface area contributed by atoms with Crippen molar-refractivity contribution in [2.24, 2.45) is 4.99 Å². The van der Waals surface area contributed by atoms with Crippen molar-refractivity contribution >= 4 is 34.1 Å². The van der Waals surface area contributed by atoms with Gasteiger partial charge in [0.15, 0.2) is 0 Å². The van der Waals surface area contributed by atoms with Crippen molar-refractivity contribution in [1.29, 1.82) is 0 Å². The van der Waals surface area contributed by atoms with Crippen LogP contribution in [0, 0.1) is 0 Å². The van der Waals surface area contributed by atoms with E-state index < -0.39 is 17.3 Å². The number of hydrogen-bond acceptors (Lipinski definition) is 8. The van der Waals surface area contributed by atoms with Gasteiger partial charge in [0.1, 0.15) is 5.84 Å². The fourth-order valence-corrected chi connectivity index (χ4v) is 4.62. The zero-order valence-corrected chi connectivity index (χ0v) is 18.4. The highest BCUT2D eigenvalue weighted by Crippen LogP contribution is 2.48. The van der Waals surface area contributed by atoms with Gasteiger partial charge in [0.2, 0.25) is 5.95 Å². The highest BCUT2D eigenvalue weighted by molar-refractivity contribution is 6.19. The SMILES string of the molecule is Nc1ncc(C2=CC3(N4CCOCC4)C=C3C(Nc3ccnc4c(C(F)(F)F)cccc34)=N2)cn1. The molecule has 3 aromatic rings. The number of nitrogens with two attached hydrogens (primary N) is 1. The lowest BCUT2D eigenvalue weighted by Gasteiger charge is -2.36. The number of amidine groups is 1. The van der Waals surface area contributed by atoms with E-state index in [1.807, 2.05) is 0 Å². The summed E-state index contributed by atoms with van der Waals surface area (Å²) >= 11 is 0. The number of ether oxygens (including phenoxy) is 1. The van der Waals surface area contributed by atoms with Crippen LogP contribution in [-0.2, 0) is 10.9 Å². The fraction of sp³-hybridized carbons (Fsp3) is 0.250. The van der Waals surface area contributed by atoms with Gasteiger partial charge in [0.25, 0.3) is 0 Å². The van der Waals surface area contributed by atoms with Gasteiger partial charge in [-0.3, -0.25) is 9.88 Å². The molecule has 178 valence electrons. The summed E-state index contributed by atoms with van der Waals surface area (Å²) in [5.41, 5.74) is 7.07. The Hall–Kier alpha value is -3.83. The number of rotatable bonds is 3. The van der Waals surface area contributed by atoms with Crippen molar-refractivity contribution in [1.82, 2.24) is 19.9 Å². The average molecular weight is 479 g/mol. The minimum Gasteiger partial charge on any atom is -0.379 e. The van der Waals surface area contributed by atoms with Gasteiger partial charge >= 0.3 is 6.18 Å². The van der Waals surface area contributed by atoms with Crippen molar-refractivity contribution in [3.63, 3.8) is 0 Å². The molecule has 1 fully saturated rings. The van der Waals surface area contributed by atoms with Gasteiger partial charge in [-0.1, -0.05) is 12.1 Å². The molecule has 2 aromatic heterocycles. The second kappa shape index (κ2) is 7.85. The molecule has 11 heteroatoms. The number of nitrogens with zero attached hydrogens (tertiary/aromatic N) is 5. The van der Waals surface area contributed by atoms with E-state index in [0.717, 1.165) is 24.7 Å². The second-order valence-electron chi connectivity index (χ2n) is 8.49. The Bertz CT molecular complexity index is 1410. The summed E-state index contributed by atoms with van der Waals surface area (Å²) in [5, 5.41) is 3.64. The van der Waals surface area contributed by atoms with Crippen molar-refractivity contribution in [2.75, 3.05) is 37.4 Å². The number of aliphatic imine (C=N–C) groups is 1. The first kappa shape index (κ1) is 21.7. The highest BCUT2D eigenvalue weighted by Gasteiger charge is 2.52. The largest absolute Gasteiger partial charge is 0.418 e. The monoisotopic (exact) mass is 479 g/mol. The smallest absolute Gasteiger partial charge is 0.379 e. The zero-order valence-electron chi connectivity index (χ0n) is 18.4. The Morgan fingerprint density at radius 2 is 1.80 bits per heavy atom. The molecule has 0 amide bonds. The second-order valence-corrected chi connectivity index (χ2v) is 8.49. The van der Waals surface area contributed by atoms with Crippen molar-refractivity contribution in [3.05, 3.63) is 71.7 Å². The summed E-state index contributed by atoms with van der Waals surface area (Å²) in [6.07, 6.45) is 4.22. The van der Waals surface area contributed by atoms with Gasteiger partial charge in [-0.05, 0) is 24.3 Å². The summed E-state index contributed by atoms with van der Waals surface area (Å²) in [5.74, 6) is 0.708. The Morgan fingerprint density at radius 3 is 2.54 bits per heavy atom. The van der Waals surface area contributed by atoms with Crippen molar-refractivity contribution in [3.8, 4) is 0 Å². The fourth-order valence-electron chi connectivity index (χ4n) is 4.62. The van der Waals surface area contributed by atoms with E-state index >= 15 is 0 Å². The first-order valence-electron chi connectivity index (χ1n) is 11.0. The number of alkyl halides is 3. The summed E-state index contributed by atoms with van der Waals surface area (Å²) in [4.78, 5) is 19.3. The van der Waals surface area contributed by atoms with Crippen LogP contribution in [-0.4, -0.2) is 57.5 Å². The molecule has 3 aliphatic rings. The molecule has 1 aliphatic carbocycles. The minimum atomic E-state index is -4.51. The summed E-state index contributed by atoms with van der Waals surface area (Å²) in [7, 11) is 0. The first-order valence-corrected chi connectivity index (χ1v) is 11.0. The zero-order chi connectivity index (χ0) is 24.2. The lowest BCUT2D eigenvalue weighted by atomic mass is 10.0. The Morgan fingerprint density at radius 1 is 1.03 bits per heavy atom. The van der Waals surface area contributed by atoms with Crippen LogP contribution in [0.15, 0.2) is 65.6 Å². The maximum Gasteiger partial charge on any atom is 0.418 e. The molecule has 35 heavy (non-hydrogen) atoms. The molecular weight excluding hydrogens is 459 g/mol. The molecule has 1 saturated heterocycles. The molecule has 0 radical (unpaired) electrons. The van der Waals surface area contributed by atoms with E-state index in [-0.39, 0.29) is 11.5 Å². The topological polar surface area (TPSA) is 102 Å². The number of halogens is 3. The average Bonchev–Trinajstić information content (AvgIpc) is 3.61. The molecule has 0 bridgehead atoms. The quantitative estimate of drug-likeness (QED) is 0.593. The normalized spacial score (nSPS) is 22.2. The molecule has 1 unspecified atom stereocenters. The third-order valence-electron chi connectivity index (χ3n) is 6.39. The van der Waals surface area contributed by atoms with Crippen LogP contribution in [0.5, 0.6) is 0 Å². The van der Waals surface area contributed by atoms with Gasteiger partial charge in [0.05, 0.1) is 41.2 Å². The standard InChI is InChI=1S/C24H20F3N7O/c25-24(26,27)16-3-1-2-15-18(4-5-29-20(15)16)32-21-17-10-23(17,34-6-8-35-9-7-34)11-19(33-21)14-12-30-22(28)31-13-14/h1-5,10-13H,6-9H2,(H2,28,30,31)(H,29,32,33). The highest BCUT2D eigenvalue weighted by atomic mass is 19.4. The number of fused-ring (bicyclic) bond motifs is 2. The number of nitrogens with one attached hydrogen (secondary N) is 1. The van der Waals surface area contributed by atoms with E-state index in [4.69, 9.17) is 15.5 Å². The van der Waals surface area contributed by atoms with E-state index in [9.17, 15) is 13.2 Å².